The molecule has 0 aliphatic heterocycles. The number of imidazole rings is 1. The van der Waals surface area contributed by atoms with Crippen LogP contribution in [-0.4, -0.2) is 29.1 Å². The van der Waals surface area contributed by atoms with Crippen molar-refractivity contribution in [3.8, 4) is 5.75 Å². The summed E-state index contributed by atoms with van der Waals surface area (Å²) < 4.78 is 8.18. The number of fused-ring (bicyclic) bond motifs is 1. The maximum absolute atomic E-state index is 10.5. The zero-order chi connectivity index (χ0) is 20.5. The van der Waals surface area contributed by atoms with E-state index in [2.05, 4.69) is 54.1 Å². The highest BCUT2D eigenvalue weighted by Crippen LogP contribution is 2.22. The molecule has 0 fully saturated rings. The van der Waals surface area contributed by atoms with E-state index in [4.69, 9.17) is 9.72 Å². The Kier molecular flexibility index (Phi) is 7.68. The number of amides is 1. The zero-order valence-corrected chi connectivity index (χ0v) is 17.4. The fourth-order valence-electron chi connectivity index (χ4n) is 3.50. The molecule has 2 aromatic carbocycles. The van der Waals surface area contributed by atoms with Crippen LogP contribution in [0.4, 0.5) is 0 Å². The predicted octanol–water partition coefficient (Wildman–Crippen LogP) is 4.70. The molecule has 1 aromatic heterocycles. The molecule has 154 valence electrons. The molecule has 0 aliphatic carbocycles. The van der Waals surface area contributed by atoms with Gasteiger partial charge in [-0.1, -0.05) is 38.1 Å². The van der Waals surface area contributed by atoms with Crippen molar-refractivity contribution in [1.29, 1.82) is 0 Å². The van der Waals surface area contributed by atoms with Gasteiger partial charge in [-0.05, 0) is 55.0 Å². The Morgan fingerprint density at radius 1 is 1.14 bits per heavy atom. The minimum Gasteiger partial charge on any atom is -0.494 e. The van der Waals surface area contributed by atoms with Crippen molar-refractivity contribution in [3.63, 3.8) is 0 Å². The van der Waals surface area contributed by atoms with Gasteiger partial charge in [0, 0.05) is 19.5 Å². The lowest BCUT2D eigenvalue weighted by Gasteiger charge is -2.12. The molecule has 0 saturated heterocycles. The SMILES string of the molecule is CCC(C)c1ccc(OCCCCn2c(CCNC=O)nc3ccccc32)cc1. The molecule has 29 heavy (non-hydrogen) atoms. The van der Waals surface area contributed by atoms with Gasteiger partial charge in [0.1, 0.15) is 11.6 Å². The van der Waals surface area contributed by atoms with Gasteiger partial charge < -0.3 is 14.6 Å². The van der Waals surface area contributed by atoms with Crippen molar-refractivity contribution in [2.24, 2.45) is 0 Å². The van der Waals surface area contributed by atoms with Gasteiger partial charge in [0.15, 0.2) is 0 Å². The number of ether oxygens (including phenoxy) is 1. The number of aromatic nitrogens is 2. The van der Waals surface area contributed by atoms with Gasteiger partial charge in [-0.25, -0.2) is 4.98 Å². The fraction of sp³-hybridized carbons (Fsp3) is 0.417. The number of carbonyl (C=O) groups excluding carboxylic acids is 1. The highest BCUT2D eigenvalue weighted by molar-refractivity contribution is 5.75. The molecule has 5 heteroatoms. The largest absolute Gasteiger partial charge is 0.494 e. The van der Waals surface area contributed by atoms with Crippen LogP contribution < -0.4 is 10.1 Å². The van der Waals surface area contributed by atoms with E-state index in [1.807, 2.05) is 18.2 Å². The lowest BCUT2D eigenvalue weighted by Crippen LogP contribution is -2.17. The predicted molar refractivity (Wildman–Crippen MR) is 117 cm³/mol. The number of nitrogens with zero attached hydrogens (tertiary/aromatic N) is 2. The second kappa shape index (κ2) is 10.6. The number of hydrogen-bond acceptors (Lipinski definition) is 3. The van der Waals surface area contributed by atoms with Crippen LogP contribution in [0.1, 0.15) is 50.4 Å². The topological polar surface area (TPSA) is 56.1 Å². The molecule has 5 nitrogen and oxygen atoms in total. The number of hydrogen-bond donors (Lipinski definition) is 1. The molecule has 3 aromatic rings. The van der Waals surface area contributed by atoms with Crippen LogP contribution in [0.2, 0.25) is 0 Å². The molecule has 0 radical (unpaired) electrons. The normalized spacial score (nSPS) is 12.1. The Morgan fingerprint density at radius 3 is 2.69 bits per heavy atom. The van der Waals surface area contributed by atoms with E-state index in [9.17, 15) is 4.79 Å². The third kappa shape index (κ3) is 5.59. The van der Waals surface area contributed by atoms with Crippen LogP contribution in [0.5, 0.6) is 5.75 Å². The first-order valence-electron chi connectivity index (χ1n) is 10.6. The van der Waals surface area contributed by atoms with E-state index in [1.165, 1.54) is 5.56 Å². The first kappa shape index (κ1) is 20.9. The van der Waals surface area contributed by atoms with Gasteiger partial charge in [-0.15, -0.1) is 0 Å². The zero-order valence-electron chi connectivity index (χ0n) is 17.4. The summed E-state index contributed by atoms with van der Waals surface area (Å²) in [6.45, 7) is 6.66. The van der Waals surface area contributed by atoms with Crippen LogP contribution in [0.25, 0.3) is 11.0 Å². The quantitative estimate of drug-likeness (QED) is 0.358. The summed E-state index contributed by atoms with van der Waals surface area (Å²) in [6, 6.07) is 16.7. The number of nitrogens with one attached hydrogen (secondary N) is 1. The Labute approximate surface area is 173 Å². The van der Waals surface area contributed by atoms with Crippen molar-refractivity contribution >= 4 is 17.4 Å². The maximum atomic E-state index is 10.5. The van der Waals surface area contributed by atoms with E-state index in [0.717, 1.165) is 61.2 Å². The molecular weight excluding hydrogens is 362 g/mol. The van der Waals surface area contributed by atoms with Crippen molar-refractivity contribution in [1.82, 2.24) is 14.9 Å². The lowest BCUT2D eigenvalue weighted by atomic mass is 9.99. The first-order valence-corrected chi connectivity index (χ1v) is 10.6. The van der Waals surface area contributed by atoms with Crippen molar-refractivity contribution in [2.75, 3.05) is 13.2 Å². The van der Waals surface area contributed by atoms with Crippen LogP contribution >= 0.6 is 0 Å². The van der Waals surface area contributed by atoms with Gasteiger partial charge in [-0.3, -0.25) is 4.79 Å². The molecule has 3 rings (SSSR count). The van der Waals surface area contributed by atoms with Gasteiger partial charge >= 0.3 is 0 Å². The van der Waals surface area contributed by atoms with Gasteiger partial charge in [0.05, 0.1) is 17.6 Å². The average molecular weight is 394 g/mol. The van der Waals surface area contributed by atoms with E-state index in [-0.39, 0.29) is 0 Å². The van der Waals surface area contributed by atoms with Crippen molar-refractivity contribution < 1.29 is 9.53 Å². The third-order valence-electron chi connectivity index (χ3n) is 5.42. The Hall–Kier alpha value is -2.82. The van der Waals surface area contributed by atoms with Gasteiger partial charge in [-0.2, -0.15) is 0 Å². The summed E-state index contributed by atoms with van der Waals surface area (Å²) in [6.07, 6.45) is 4.60. The van der Waals surface area contributed by atoms with Crippen LogP contribution in [0.15, 0.2) is 48.5 Å². The van der Waals surface area contributed by atoms with E-state index < -0.39 is 0 Å². The van der Waals surface area contributed by atoms with E-state index in [0.29, 0.717) is 19.1 Å². The lowest BCUT2D eigenvalue weighted by molar-refractivity contribution is -0.109. The second-order valence-corrected chi connectivity index (χ2v) is 7.42. The summed E-state index contributed by atoms with van der Waals surface area (Å²) in [5, 5.41) is 2.72. The number of rotatable bonds is 12. The number of unbranched alkanes of at least 4 members (excludes halogenated alkanes) is 1. The van der Waals surface area contributed by atoms with Crippen LogP contribution in [-0.2, 0) is 17.8 Å². The minimum atomic E-state index is 0.588. The molecule has 1 heterocycles. The summed E-state index contributed by atoms with van der Waals surface area (Å²) in [4.78, 5) is 15.3. The maximum Gasteiger partial charge on any atom is 0.207 e. The molecule has 1 amide bonds. The highest BCUT2D eigenvalue weighted by Gasteiger charge is 2.10. The summed E-state index contributed by atoms with van der Waals surface area (Å²) in [5.41, 5.74) is 3.52. The van der Waals surface area contributed by atoms with Crippen molar-refractivity contribution in [2.45, 2.75) is 52.0 Å². The molecule has 0 aliphatic rings. The molecule has 1 unspecified atom stereocenters. The average Bonchev–Trinajstić information content (AvgIpc) is 3.11. The van der Waals surface area contributed by atoms with Crippen molar-refractivity contribution in [3.05, 3.63) is 59.9 Å². The Balaban J connectivity index is 1.51. The highest BCUT2D eigenvalue weighted by atomic mass is 16.5. The molecule has 0 bridgehead atoms. The van der Waals surface area contributed by atoms with E-state index in [1.54, 1.807) is 0 Å². The molecule has 0 saturated carbocycles. The molecular formula is C24H31N3O2. The second-order valence-electron chi connectivity index (χ2n) is 7.42. The van der Waals surface area contributed by atoms with Gasteiger partial charge in [0.2, 0.25) is 6.41 Å². The summed E-state index contributed by atoms with van der Waals surface area (Å²) in [7, 11) is 0. The third-order valence-corrected chi connectivity index (χ3v) is 5.42. The standard InChI is InChI=1S/C24H31N3O2/c1-3-19(2)20-10-12-21(13-11-20)29-17-7-6-16-27-23-9-5-4-8-22(23)26-24(27)14-15-25-18-28/h4-5,8-13,18-19H,3,6-7,14-17H2,1-2H3,(H,25,28). The molecule has 1 atom stereocenters. The number of carbonyl (C=O) groups is 1. The minimum absolute atomic E-state index is 0.588. The first-order chi connectivity index (χ1) is 14.2. The van der Waals surface area contributed by atoms with Gasteiger partial charge in [0.25, 0.3) is 0 Å². The molecule has 1 N–H and O–H groups in total. The Bertz CT molecular complexity index is 902. The number of benzene rings is 2. The van der Waals surface area contributed by atoms with Crippen LogP contribution in [0.3, 0.4) is 0 Å². The monoisotopic (exact) mass is 393 g/mol. The Morgan fingerprint density at radius 2 is 1.93 bits per heavy atom. The number of aryl methyl sites for hydroxylation is 1. The molecule has 0 spiro atoms. The summed E-state index contributed by atoms with van der Waals surface area (Å²) >= 11 is 0. The smallest absolute Gasteiger partial charge is 0.207 e. The van der Waals surface area contributed by atoms with Crippen LogP contribution in [0, 0.1) is 0 Å². The number of para-hydroxylation sites is 2. The summed E-state index contributed by atoms with van der Waals surface area (Å²) in [5.74, 6) is 2.54. The van der Waals surface area contributed by atoms with E-state index >= 15 is 0 Å². The fourth-order valence-corrected chi connectivity index (χ4v) is 3.50.